The van der Waals surface area contributed by atoms with Crippen LogP contribution in [0.25, 0.3) is 0 Å². The molecule has 152 valence electrons. The molecular formula is C19H23NO6S2. The van der Waals surface area contributed by atoms with Gasteiger partial charge in [-0.05, 0) is 61.4 Å². The first-order valence-electron chi connectivity index (χ1n) is 8.81. The van der Waals surface area contributed by atoms with E-state index in [0.29, 0.717) is 11.5 Å². The van der Waals surface area contributed by atoms with Crippen molar-refractivity contribution in [2.45, 2.75) is 27.9 Å². The summed E-state index contributed by atoms with van der Waals surface area (Å²) in [4.78, 5) is 0.398. The van der Waals surface area contributed by atoms with E-state index in [1.54, 1.807) is 24.3 Å². The second-order valence-corrected chi connectivity index (χ2v) is 10.7. The highest BCUT2D eigenvalue weighted by molar-refractivity contribution is 7.92. The average Bonchev–Trinajstić information content (AvgIpc) is 2.74. The summed E-state index contributed by atoms with van der Waals surface area (Å²) in [5.41, 5.74) is 0. The molecule has 0 atom stereocenters. The quantitative estimate of drug-likeness (QED) is 0.706. The molecular weight excluding hydrogens is 402 g/mol. The van der Waals surface area contributed by atoms with E-state index in [-0.39, 0.29) is 35.7 Å². The second kappa shape index (κ2) is 8.10. The molecule has 1 fully saturated rings. The topological polar surface area (TPSA) is 90.0 Å². The third-order valence-electron chi connectivity index (χ3n) is 4.92. The Morgan fingerprint density at radius 1 is 0.750 bits per heavy atom. The third-order valence-corrected chi connectivity index (χ3v) is 9.12. The van der Waals surface area contributed by atoms with Crippen LogP contribution in [0.4, 0.5) is 0 Å². The first-order valence-corrected chi connectivity index (χ1v) is 11.8. The normalized spacial score (nSPS) is 16.6. The van der Waals surface area contributed by atoms with Crippen LogP contribution < -0.4 is 9.47 Å². The Balaban J connectivity index is 1.72. The standard InChI is InChI=1S/C19H23NO6S2/c1-25-15-3-7-17(8-4-15)27(21,22)18-11-13-20(14-12-18)28(23,24)19-9-5-16(26-2)6-10-19/h3-10,18H,11-14H2,1-2H3. The summed E-state index contributed by atoms with van der Waals surface area (Å²) >= 11 is 0. The molecule has 0 N–H and O–H groups in total. The highest BCUT2D eigenvalue weighted by atomic mass is 32.2. The molecule has 2 aromatic rings. The van der Waals surface area contributed by atoms with Crippen molar-refractivity contribution in [3.05, 3.63) is 48.5 Å². The maximum absolute atomic E-state index is 12.9. The van der Waals surface area contributed by atoms with E-state index in [1.165, 1.54) is 42.8 Å². The van der Waals surface area contributed by atoms with Crippen molar-refractivity contribution in [3.8, 4) is 11.5 Å². The average molecular weight is 426 g/mol. The summed E-state index contributed by atoms with van der Waals surface area (Å²) < 4.78 is 62.8. The van der Waals surface area contributed by atoms with Crippen LogP contribution in [-0.4, -0.2) is 53.7 Å². The van der Waals surface area contributed by atoms with E-state index in [2.05, 4.69) is 0 Å². The zero-order chi connectivity index (χ0) is 20.4. The number of hydrogen-bond acceptors (Lipinski definition) is 6. The fourth-order valence-corrected chi connectivity index (χ4v) is 6.44. The largest absolute Gasteiger partial charge is 0.497 e. The first-order chi connectivity index (χ1) is 13.3. The number of hydrogen-bond donors (Lipinski definition) is 0. The third kappa shape index (κ3) is 4.01. The van der Waals surface area contributed by atoms with E-state index < -0.39 is 25.1 Å². The van der Waals surface area contributed by atoms with Gasteiger partial charge in [0, 0.05) is 13.1 Å². The molecule has 0 bridgehead atoms. The van der Waals surface area contributed by atoms with Gasteiger partial charge in [0.2, 0.25) is 10.0 Å². The Morgan fingerprint density at radius 2 is 1.18 bits per heavy atom. The number of piperidine rings is 1. The van der Waals surface area contributed by atoms with E-state index in [9.17, 15) is 16.8 Å². The first kappa shape index (κ1) is 20.6. The molecule has 1 saturated heterocycles. The second-order valence-electron chi connectivity index (χ2n) is 6.50. The van der Waals surface area contributed by atoms with Gasteiger partial charge in [0.25, 0.3) is 0 Å². The number of sulfone groups is 1. The zero-order valence-electron chi connectivity index (χ0n) is 15.7. The van der Waals surface area contributed by atoms with Crippen molar-refractivity contribution >= 4 is 19.9 Å². The molecule has 0 saturated carbocycles. The highest BCUT2D eigenvalue weighted by Gasteiger charge is 2.35. The minimum Gasteiger partial charge on any atom is -0.497 e. The number of benzene rings is 2. The molecule has 0 amide bonds. The van der Waals surface area contributed by atoms with Gasteiger partial charge in [0.05, 0.1) is 29.3 Å². The number of sulfonamides is 1. The lowest BCUT2D eigenvalue weighted by Crippen LogP contribution is -2.42. The SMILES string of the molecule is COc1ccc(S(=O)(=O)C2CCN(S(=O)(=O)c3ccc(OC)cc3)CC2)cc1. The molecule has 7 nitrogen and oxygen atoms in total. The smallest absolute Gasteiger partial charge is 0.243 e. The Hall–Kier alpha value is -2.10. The van der Waals surface area contributed by atoms with Gasteiger partial charge in [-0.15, -0.1) is 0 Å². The van der Waals surface area contributed by atoms with Gasteiger partial charge in [-0.25, -0.2) is 16.8 Å². The molecule has 0 radical (unpaired) electrons. The minimum absolute atomic E-state index is 0.161. The van der Waals surface area contributed by atoms with Crippen molar-refractivity contribution in [2.75, 3.05) is 27.3 Å². The molecule has 0 spiro atoms. The number of rotatable bonds is 6. The van der Waals surface area contributed by atoms with E-state index >= 15 is 0 Å². The summed E-state index contributed by atoms with van der Waals surface area (Å²) in [5, 5.41) is -0.608. The van der Waals surface area contributed by atoms with Crippen LogP contribution in [0.5, 0.6) is 11.5 Å². The maximum atomic E-state index is 12.9. The monoisotopic (exact) mass is 425 g/mol. The van der Waals surface area contributed by atoms with Crippen LogP contribution in [-0.2, 0) is 19.9 Å². The number of methoxy groups -OCH3 is 2. The highest BCUT2D eigenvalue weighted by Crippen LogP contribution is 2.29. The van der Waals surface area contributed by atoms with Crippen molar-refractivity contribution in [1.29, 1.82) is 0 Å². The fourth-order valence-electron chi connectivity index (χ4n) is 3.24. The predicted molar refractivity (Wildman–Crippen MR) is 105 cm³/mol. The maximum Gasteiger partial charge on any atom is 0.243 e. The van der Waals surface area contributed by atoms with Gasteiger partial charge < -0.3 is 9.47 Å². The summed E-state index contributed by atoms with van der Waals surface area (Å²) in [6.45, 7) is 0.322. The summed E-state index contributed by atoms with van der Waals surface area (Å²) in [6, 6.07) is 12.4. The molecule has 0 aromatic heterocycles. The molecule has 0 aliphatic carbocycles. The molecule has 28 heavy (non-hydrogen) atoms. The molecule has 1 aliphatic rings. The summed E-state index contributed by atoms with van der Waals surface area (Å²) in [6.07, 6.45) is 0.507. The van der Waals surface area contributed by atoms with Gasteiger partial charge in [-0.2, -0.15) is 4.31 Å². The summed E-state index contributed by atoms with van der Waals surface area (Å²) in [7, 11) is -4.16. The van der Waals surface area contributed by atoms with Crippen LogP contribution in [0, 0.1) is 0 Å². The molecule has 2 aromatic carbocycles. The van der Waals surface area contributed by atoms with E-state index in [4.69, 9.17) is 9.47 Å². The summed E-state index contributed by atoms with van der Waals surface area (Å²) in [5.74, 6) is 1.16. The van der Waals surface area contributed by atoms with Crippen LogP contribution in [0.3, 0.4) is 0 Å². The van der Waals surface area contributed by atoms with Gasteiger partial charge in [0.1, 0.15) is 11.5 Å². The van der Waals surface area contributed by atoms with Gasteiger partial charge >= 0.3 is 0 Å². The Bertz CT molecular complexity index is 922. The molecule has 3 rings (SSSR count). The number of nitrogens with zero attached hydrogens (tertiary/aromatic N) is 1. The number of ether oxygens (including phenoxy) is 2. The van der Waals surface area contributed by atoms with Crippen molar-refractivity contribution < 1.29 is 26.3 Å². The van der Waals surface area contributed by atoms with Crippen molar-refractivity contribution in [1.82, 2.24) is 4.31 Å². The van der Waals surface area contributed by atoms with Crippen molar-refractivity contribution in [2.24, 2.45) is 0 Å². The Kier molecular flexibility index (Phi) is 5.97. The van der Waals surface area contributed by atoms with Crippen LogP contribution in [0.15, 0.2) is 58.3 Å². The lowest BCUT2D eigenvalue weighted by atomic mass is 10.2. The molecule has 1 heterocycles. The lowest BCUT2D eigenvalue weighted by molar-refractivity contribution is 0.345. The Labute approximate surface area is 165 Å². The van der Waals surface area contributed by atoms with Gasteiger partial charge in [-0.3, -0.25) is 0 Å². The predicted octanol–water partition coefficient (Wildman–Crippen LogP) is 2.33. The molecule has 9 heteroatoms. The van der Waals surface area contributed by atoms with Crippen LogP contribution >= 0.6 is 0 Å². The Morgan fingerprint density at radius 3 is 1.61 bits per heavy atom. The van der Waals surface area contributed by atoms with Crippen molar-refractivity contribution in [3.63, 3.8) is 0 Å². The zero-order valence-corrected chi connectivity index (χ0v) is 17.4. The van der Waals surface area contributed by atoms with Crippen LogP contribution in [0.2, 0.25) is 0 Å². The lowest BCUT2D eigenvalue weighted by Gasteiger charge is -2.31. The fraction of sp³-hybridized carbons (Fsp3) is 0.368. The van der Waals surface area contributed by atoms with E-state index in [0.717, 1.165) is 0 Å². The van der Waals surface area contributed by atoms with Gasteiger partial charge in [-0.1, -0.05) is 0 Å². The van der Waals surface area contributed by atoms with Gasteiger partial charge in [0.15, 0.2) is 9.84 Å². The minimum atomic E-state index is -3.66. The molecule has 0 unspecified atom stereocenters. The van der Waals surface area contributed by atoms with E-state index in [1.807, 2.05) is 0 Å². The van der Waals surface area contributed by atoms with Crippen LogP contribution in [0.1, 0.15) is 12.8 Å². The molecule has 1 aliphatic heterocycles.